The molecule has 0 fully saturated rings. The fourth-order valence-electron chi connectivity index (χ4n) is 3.14. The average molecular weight is 335 g/mol. The van der Waals surface area contributed by atoms with Crippen LogP contribution in [0.4, 0.5) is 0 Å². The molecule has 0 aliphatic carbocycles. The lowest BCUT2D eigenvalue weighted by atomic mass is 10.2. The third-order valence-electron chi connectivity index (χ3n) is 5.19. The monoisotopic (exact) mass is 334 g/mol. The topological polar surface area (TPSA) is 29.5 Å². The summed E-state index contributed by atoms with van der Waals surface area (Å²) in [6.07, 6.45) is 6.43. The number of allylic oxidation sites excluding steroid dienone is 1. The summed E-state index contributed by atoms with van der Waals surface area (Å²) in [6.45, 7) is 13.8. The van der Waals surface area contributed by atoms with E-state index in [-0.39, 0.29) is 5.04 Å². The number of hydrogen-bond acceptors (Lipinski definition) is 2. The lowest BCUT2D eigenvalue weighted by molar-refractivity contribution is 0.114. The highest BCUT2D eigenvalue weighted by molar-refractivity contribution is 6.84. The standard InChI is InChI=1S/C20H34O2Si/c1-7-14-20(21,15-8-2)23(6,19(3,4)5)17-22-16-18-12-10-9-11-13-18/h7,9-14,21H,8,15-17H2,1-6H3/b14-7-/t20-,23-/m1/s1. The first-order valence-corrected chi connectivity index (χ1v) is 11.4. The van der Waals surface area contributed by atoms with Crippen LogP contribution in [-0.4, -0.2) is 24.6 Å². The first kappa shape index (κ1) is 20.1. The Bertz CT molecular complexity index is 492. The molecule has 0 aliphatic heterocycles. The minimum absolute atomic E-state index is 0.0487. The third-order valence-corrected chi connectivity index (χ3v) is 11.6. The van der Waals surface area contributed by atoms with Crippen LogP contribution < -0.4 is 0 Å². The maximum atomic E-state index is 11.5. The minimum atomic E-state index is -2.15. The summed E-state index contributed by atoms with van der Waals surface area (Å²) in [4.78, 5) is 0. The second-order valence-corrected chi connectivity index (χ2v) is 13.1. The van der Waals surface area contributed by atoms with Gasteiger partial charge in [0.25, 0.3) is 0 Å². The quantitative estimate of drug-likeness (QED) is 0.518. The molecule has 0 spiro atoms. The van der Waals surface area contributed by atoms with Gasteiger partial charge in [0.15, 0.2) is 0 Å². The highest BCUT2D eigenvalue weighted by Crippen LogP contribution is 2.45. The van der Waals surface area contributed by atoms with Gasteiger partial charge in [-0.2, -0.15) is 0 Å². The number of hydrogen-bond donors (Lipinski definition) is 1. The van der Waals surface area contributed by atoms with E-state index in [1.165, 1.54) is 5.56 Å². The van der Waals surface area contributed by atoms with E-state index in [9.17, 15) is 5.11 Å². The molecule has 0 heterocycles. The number of benzene rings is 1. The molecule has 0 saturated carbocycles. The second-order valence-electron chi connectivity index (χ2n) is 7.73. The molecule has 3 heteroatoms. The van der Waals surface area contributed by atoms with Crippen LogP contribution in [0.2, 0.25) is 11.6 Å². The Morgan fingerprint density at radius 1 is 1.17 bits per heavy atom. The molecule has 2 nitrogen and oxygen atoms in total. The van der Waals surface area contributed by atoms with Crippen molar-refractivity contribution in [2.75, 3.05) is 6.23 Å². The zero-order chi connectivity index (χ0) is 17.6. The second kappa shape index (κ2) is 8.27. The Kier molecular flexibility index (Phi) is 7.24. The van der Waals surface area contributed by atoms with Gasteiger partial charge in [0.2, 0.25) is 0 Å². The lowest BCUT2D eigenvalue weighted by Crippen LogP contribution is -2.64. The summed E-state index contributed by atoms with van der Waals surface area (Å²) in [5, 5.41) is 10.8. The maximum absolute atomic E-state index is 11.5. The summed E-state index contributed by atoms with van der Waals surface area (Å²) in [7, 11) is -2.15. The molecule has 1 N–H and O–H groups in total. The van der Waals surface area contributed by atoms with Crippen LogP contribution in [0.3, 0.4) is 0 Å². The van der Waals surface area contributed by atoms with Gasteiger partial charge in [0, 0.05) is 6.23 Å². The summed E-state index contributed by atoms with van der Waals surface area (Å²) in [6, 6.07) is 10.3. The molecule has 0 bridgehead atoms. The van der Waals surface area contributed by atoms with Crippen molar-refractivity contribution in [2.45, 2.75) is 70.9 Å². The molecule has 0 unspecified atom stereocenters. The minimum Gasteiger partial charge on any atom is -0.389 e. The van der Waals surface area contributed by atoms with Gasteiger partial charge in [-0.1, -0.05) is 83.1 Å². The molecule has 0 aliphatic rings. The van der Waals surface area contributed by atoms with Crippen molar-refractivity contribution in [3.63, 3.8) is 0 Å². The van der Waals surface area contributed by atoms with Gasteiger partial charge in [-0.05, 0) is 23.9 Å². The Balaban J connectivity index is 2.98. The van der Waals surface area contributed by atoms with Gasteiger partial charge in [0.1, 0.15) is 8.07 Å². The normalized spacial score (nSPS) is 17.9. The molecule has 1 aromatic rings. The van der Waals surface area contributed by atoms with Crippen molar-refractivity contribution in [2.24, 2.45) is 0 Å². The summed E-state index contributed by atoms with van der Waals surface area (Å²) < 4.78 is 6.12. The molecule has 130 valence electrons. The molecular weight excluding hydrogens is 300 g/mol. The van der Waals surface area contributed by atoms with Crippen LogP contribution in [0.1, 0.15) is 53.0 Å². The van der Waals surface area contributed by atoms with Crippen molar-refractivity contribution in [3.05, 3.63) is 48.0 Å². The zero-order valence-corrected chi connectivity index (χ0v) is 16.7. The molecule has 0 radical (unpaired) electrons. The molecule has 0 amide bonds. The summed E-state index contributed by atoms with van der Waals surface area (Å²) >= 11 is 0. The van der Waals surface area contributed by atoms with E-state index >= 15 is 0 Å². The smallest absolute Gasteiger partial charge is 0.127 e. The van der Waals surface area contributed by atoms with Crippen LogP contribution in [0.25, 0.3) is 0 Å². The highest BCUT2D eigenvalue weighted by atomic mass is 28.3. The molecule has 1 aromatic carbocycles. The van der Waals surface area contributed by atoms with Gasteiger partial charge in [-0.15, -0.1) is 0 Å². The average Bonchev–Trinajstić information content (AvgIpc) is 2.47. The van der Waals surface area contributed by atoms with Crippen molar-refractivity contribution >= 4 is 8.07 Å². The van der Waals surface area contributed by atoms with Gasteiger partial charge >= 0.3 is 0 Å². The number of ether oxygens (including phenoxy) is 1. The van der Waals surface area contributed by atoms with E-state index in [1.807, 2.05) is 37.3 Å². The first-order chi connectivity index (χ1) is 10.7. The lowest BCUT2D eigenvalue weighted by Gasteiger charge is -2.50. The van der Waals surface area contributed by atoms with Crippen molar-refractivity contribution in [3.8, 4) is 0 Å². The summed E-state index contributed by atoms with van der Waals surface area (Å²) in [5.41, 5.74) is 1.18. The van der Waals surface area contributed by atoms with Crippen LogP contribution >= 0.6 is 0 Å². The van der Waals surface area contributed by atoms with Crippen LogP contribution in [0, 0.1) is 0 Å². The summed E-state index contributed by atoms with van der Waals surface area (Å²) in [5.74, 6) is 0. The Hall–Kier alpha value is -0.903. The van der Waals surface area contributed by atoms with E-state index in [2.05, 4.69) is 46.4 Å². The molecular formula is C20H34O2Si. The van der Waals surface area contributed by atoms with Crippen molar-refractivity contribution in [1.82, 2.24) is 0 Å². The molecule has 1 rings (SSSR count). The fraction of sp³-hybridized carbons (Fsp3) is 0.600. The Labute approximate surface area is 143 Å². The highest BCUT2D eigenvalue weighted by Gasteiger charge is 2.54. The fourth-order valence-corrected chi connectivity index (χ4v) is 6.97. The van der Waals surface area contributed by atoms with Crippen molar-refractivity contribution in [1.29, 1.82) is 0 Å². The zero-order valence-electron chi connectivity index (χ0n) is 15.7. The molecule has 23 heavy (non-hydrogen) atoms. The predicted octanol–water partition coefficient (Wildman–Crippen LogP) is 5.27. The van der Waals surface area contributed by atoms with E-state index < -0.39 is 13.3 Å². The van der Waals surface area contributed by atoms with E-state index in [0.29, 0.717) is 12.8 Å². The van der Waals surface area contributed by atoms with Gasteiger partial charge in [-0.3, -0.25) is 0 Å². The van der Waals surface area contributed by atoms with Crippen LogP contribution in [0.15, 0.2) is 42.5 Å². The van der Waals surface area contributed by atoms with Gasteiger partial charge in [0.05, 0.1) is 11.8 Å². The number of rotatable bonds is 8. The van der Waals surface area contributed by atoms with Gasteiger partial charge in [-0.25, -0.2) is 0 Å². The SMILES string of the molecule is C/C=C\[C@](O)(CCC)[Si@](C)(COCc1ccccc1)C(C)(C)C. The third kappa shape index (κ3) is 4.79. The number of aliphatic hydroxyl groups is 1. The van der Waals surface area contributed by atoms with Crippen LogP contribution in [0.5, 0.6) is 0 Å². The van der Waals surface area contributed by atoms with Crippen LogP contribution in [-0.2, 0) is 11.3 Å². The largest absolute Gasteiger partial charge is 0.389 e. The maximum Gasteiger partial charge on any atom is 0.127 e. The Morgan fingerprint density at radius 3 is 2.26 bits per heavy atom. The van der Waals surface area contributed by atoms with E-state index in [0.717, 1.165) is 12.8 Å². The molecule has 0 aromatic heterocycles. The molecule has 0 saturated heterocycles. The molecule has 2 atom stereocenters. The predicted molar refractivity (Wildman–Crippen MR) is 102 cm³/mol. The Morgan fingerprint density at radius 2 is 1.78 bits per heavy atom. The van der Waals surface area contributed by atoms with Gasteiger partial charge < -0.3 is 9.84 Å². The first-order valence-electron chi connectivity index (χ1n) is 8.68. The van der Waals surface area contributed by atoms with E-state index in [1.54, 1.807) is 0 Å². The van der Waals surface area contributed by atoms with E-state index in [4.69, 9.17) is 4.74 Å². The van der Waals surface area contributed by atoms with Crippen molar-refractivity contribution < 1.29 is 9.84 Å².